The van der Waals surface area contributed by atoms with Crippen LogP contribution >= 0.6 is 0 Å². The van der Waals surface area contributed by atoms with Gasteiger partial charge in [0, 0.05) is 17.4 Å². The van der Waals surface area contributed by atoms with Gasteiger partial charge in [-0.2, -0.15) is 13.2 Å². The van der Waals surface area contributed by atoms with Gasteiger partial charge in [-0.05, 0) is 30.3 Å². The number of benzene rings is 1. The smallest absolute Gasteiger partial charge is 0.418 e. The van der Waals surface area contributed by atoms with E-state index in [2.05, 4.69) is 9.72 Å². The third kappa shape index (κ3) is 2.96. The molecule has 2 N–H and O–H groups in total. The number of pyridine rings is 1. The van der Waals surface area contributed by atoms with Gasteiger partial charge in [0.15, 0.2) is 0 Å². The molecule has 1 aromatic heterocycles. The van der Waals surface area contributed by atoms with Gasteiger partial charge in [-0.15, -0.1) is 0 Å². The Hall–Kier alpha value is -2.57. The summed E-state index contributed by atoms with van der Waals surface area (Å²) in [6.07, 6.45) is -3.30. The summed E-state index contributed by atoms with van der Waals surface area (Å²) in [5, 5.41) is 0. The highest BCUT2D eigenvalue weighted by Crippen LogP contribution is 2.37. The van der Waals surface area contributed by atoms with Crippen LogP contribution in [-0.2, 0) is 10.9 Å². The van der Waals surface area contributed by atoms with Crippen molar-refractivity contribution in [2.75, 3.05) is 12.8 Å². The molecule has 0 saturated heterocycles. The second-order valence-electron chi connectivity index (χ2n) is 4.19. The quantitative estimate of drug-likeness (QED) is 0.683. The average Bonchev–Trinajstić information content (AvgIpc) is 2.45. The van der Waals surface area contributed by atoms with Crippen LogP contribution in [-0.4, -0.2) is 18.1 Å². The Balaban J connectivity index is 2.56. The number of rotatable bonds is 2. The second-order valence-corrected chi connectivity index (χ2v) is 4.19. The van der Waals surface area contributed by atoms with Crippen LogP contribution in [0.3, 0.4) is 0 Å². The number of nitrogens with zero attached hydrogens (tertiary/aromatic N) is 1. The Morgan fingerprint density at radius 2 is 2.00 bits per heavy atom. The van der Waals surface area contributed by atoms with E-state index < -0.39 is 17.7 Å². The van der Waals surface area contributed by atoms with Crippen LogP contribution in [0.25, 0.3) is 11.3 Å². The van der Waals surface area contributed by atoms with Crippen molar-refractivity contribution in [3.63, 3.8) is 0 Å². The molecule has 0 unspecified atom stereocenters. The molecule has 0 bridgehead atoms. The predicted molar refractivity (Wildman–Crippen MR) is 70.4 cm³/mol. The molecule has 4 nitrogen and oxygen atoms in total. The number of carbonyl (C=O) groups is 1. The number of halogens is 3. The Bertz CT molecular complexity index is 684. The second kappa shape index (κ2) is 5.43. The average molecular weight is 296 g/mol. The van der Waals surface area contributed by atoms with Crippen LogP contribution < -0.4 is 5.73 Å². The molecule has 7 heteroatoms. The lowest BCUT2D eigenvalue weighted by Gasteiger charge is -2.13. The number of methoxy groups -OCH3 is 1. The van der Waals surface area contributed by atoms with E-state index in [-0.39, 0.29) is 22.5 Å². The van der Waals surface area contributed by atoms with Gasteiger partial charge in [0.25, 0.3) is 0 Å². The van der Waals surface area contributed by atoms with E-state index in [9.17, 15) is 18.0 Å². The number of alkyl halides is 3. The van der Waals surface area contributed by atoms with Crippen molar-refractivity contribution in [2.45, 2.75) is 6.18 Å². The topological polar surface area (TPSA) is 65.2 Å². The number of nitrogen functional groups attached to an aromatic ring is 1. The summed E-state index contributed by atoms with van der Waals surface area (Å²) in [5.74, 6) is -0.620. The van der Waals surface area contributed by atoms with Gasteiger partial charge in [-0.25, -0.2) is 4.79 Å². The lowest BCUT2D eigenvalue weighted by molar-refractivity contribution is -0.137. The minimum Gasteiger partial charge on any atom is -0.465 e. The summed E-state index contributed by atoms with van der Waals surface area (Å²) in [7, 11) is 1.20. The van der Waals surface area contributed by atoms with Crippen LogP contribution in [0.15, 0.2) is 36.5 Å². The number of hydrogen-bond donors (Lipinski definition) is 1. The monoisotopic (exact) mass is 296 g/mol. The number of esters is 1. The summed E-state index contributed by atoms with van der Waals surface area (Å²) in [6, 6.07) is 6.04. The zero-order valence-electron chi connectivity index (χ0n) is 10.9. The lowest BCUT2D eigenvalue weighted by atomic mass is 10.0. The van der Waals surface area contributed by atoms with Crippen molar-refractivity contribution in [2.24, 2.45) is 0 Å². The van der Waals surface area contributed by atoms with Gasteiger partial charge in [0.2, 0.25) is 0 Å². The van der Waals surface area contributed by atoms with E-state index in [0.29, 0.717) is 0 Å². The molecule has 0 saturated carbocycles. The van der Waals surface area contributed by atoms with E-state index in [1.807, 2.05) is 0 Å². The fourth-order valence-corrected chi connectivity index (χ4v) is 1.87. The summed E-state index contributed by atoms with van der Waals surface area (Å²) >= 11 is 0. The SMILES string of the molecule is COC(=O)c1ccc(-c2ncccc2C(F)(F)F)c(N)c1. The van der Waals surface area contributed by atoms with Crippen molar-refractivity contribution < 1.29 is 22.7 Å². The van der Waals surface area contributed by atoms with Gasteiger partial charge in [0.05, 0.1) is 23.9 Å². The molecule has 0 aliphatic heterocycles. The minimum absolute atomic E-state index is 0.0158. The van der Waals surface area contributed by atoms with Crippen LogP contribution in [0.2, 0.25) is 0 Å². The molecule has 0 atom stereocenters. The lowest BCUT2D eigenvalue weighted by Crippen LogP contribution is -2.09. The van der Waals surface area contributed by atoms with E-state index in [1.165, 1.54) is 37.6 Å². The van der Waals surface area contributed by atoms with Crippen molar-refractivity contribution >= 4 is 11.7 Å². The molecular weight excluding hydrogens is 285 g/mol. The van der Waals surface area contributed by atoms with E-state index in [1.54, 1.807) is 0 Å². The van der Waals surface area contributed by atoms with E-state index in [4.69, 9.17) is 5.73 Å². The number of anilines is 1. The van der Waals surface area contributed by atoms with E-state index >= 15 is 0 Å². The van der Waals surface area contributed by atoms with Gasteiger partial charge >= 0.3 is 12.1 Å². The van der Waals surface area contributed by atoms with Crippen LogP contribution in [0, 0.1) is 0 Å². The highest BCUT2D eigenvalue weighted by molar-refractivity contribution is 5.92. The molecule has 0 aliphatic rings. The molecule has 21 heavy (non-hydrogen) atoms. The number of hydrogen-bond acceptors (Lipinski definition) is 4. The summed E-state index contributed by atoms with van der Waals surface area (Å²) in [4.78, 5) is 15.1. The zero-order valence-corrected chi connectivity index (χ0v) is 10.9. The molecule has 2 rings (SSSR count). The van der Waals surface area contributed by atoms with Gasteiger partial charge in [-0.3, -0.25) is 4.98 Å². The molecule has 1 aromatic carbocycles. The maximum absolute atomic E-state index is 13.0. The Morgan fingerprint density at radius 1 is 1.29 bits per heavy atom. The van der Waals surface area contributed by atoms with E-state index in [0.717, 1.165) is 6.07 Å². The molecule has 0 radical (unpaired) electrons. The zero-order chi connectivity index (χ0) is 15.6. The molecule has 0 aliphatic carbocycles. The van der Waals surface area contributed by atoms with Gasteiger partial charge < -0.3 is 10.5 Å². The fourth-order valence-electron chi connectivity index (χ4n) is 1.87. The predicted octanol–water partition coefficient (Wildman–Crippen LogP) is 3.14. The molecule has 2 aromatic rings. The molecule has 0 spiro atoms. The van der Waals surface area contributed by atoms with Crippen LogP contribution in [0.1, 0.15) is 15.9 Å². The minimum atomic E-state index is -4.54. The van der Waals surface area contributed by atoms with Crippen molar-refractivity contribution in [3.8, 4) is 11.3 Å². The first-order valence-electron chi connectivity index (χ1n) is 5.85. The normalized spacial score (nSPS) is 11.2. The first kappa shape index (κ1) is 14.8. The van der Waals surface area contributed by atoms with Crippen molar-refractivity contribution in [3.05, 3.63) is 47.7 Å². The van der Waals surface area contributed by atoms with Crippen molar-refractivity contribution in [1.29, 1.82) is 0 Å². The fraction of sp³-hybridized carbons (Fsp3) is 0.143. The number of ether oxygens (including phenoxy) is 1. The van der Waals surface area contributed by atoms with Crippen LogP contribution in [0.4, 0.5) is 18.9 Å². The first-order chi connectivity index (χ1) is 9.84. The highest BCUT2D eigenvalue weighted by Gasteiger charge is 2.34. The number of aromatic nitrogens is 1. The molecule has 1 heterocycles. The molecular formula is C14H11F3N2O2. The maximum atomic E-state index is 13.0. The summed E-state index contributed by atoms with van der Waals surface area (Å²) < 4.78 is 43.4. The van der Waals surface area contributed by atoms with Crippen LogP contribution in [0.5, 0.6) is 0 Å². The molecule has 0 fully saturated rings. The number of carbonyl (C=O) groups excluding carboxylic acids is 1. The largest absolute Gasteiger partial charge is 0.465 e. The first-order valence-corrected chi connectivity index (χ1v) is 5.85. The summed E-state index contributed by atoms with van der Waals surface area (Å²) in [5.41, 5.74) is 4.86. The Kier molecular flexibility index (Phi) is 3.84. The maximum Gasteiger partial charge on any atom is 0.418 e. The third-order valence-electron chi connectivity index (χ3n) is 2.84. The summed E-state index contributed by atoms with van der Waals surface area (Å²) in [6.45, 7) is 0. The van der Waals surface area contributed by atoms with Crippen molar-refractivity contribution in [1.82, 2.24) is 4.98 Å². The Morgan fingerprint density at radius 3 is 2.57 bits per heavy atom. The molecule has 110 valence electrons. The highest BCUT2D eigenvalue weighted by atomic mass is 19.4. The standard InChI is InChI=1S/C14H11F3N2O2/c1-21-13(20)8-4-5-9(11(18)7-8)12-10(14(15,16)17)3-2-6-19-12/h2-7H,18H2,1H3. The third-order valence-corrected chi connectivity index (χ3v) is 2.84. The van der Waals surface area contributed by atoms with Gasteiger partial charge in [-0.1, -0.05) is 0 Å². The van der Waals surface area contributed by atoms with Gasteiger partial charge in [0.1, 0.15) is 0 Å². The molecule has 0 amide bonds. The Labute approximate surface area is 118 Å². The number of nitrogens with two attached hydrogens (primary N) is 1.